The number of carbonyl (C=O) groups is 1. The standard InChI is InChI=1S/C6H10N4OS/c1-4-5(2-3-12-4)10(8)6(11)9-7/h2-3H,7-8H2,1H3,(H,9,11). The largest absolute Gasteiger partial charge is 0.350 e. The number of nitrogens with two attached hydrogens (primary N) is 2. The predicted octanol–water partition coefficient (Wildman–Crippen LogP) is 0.320. The van der Waals surface area contributed by atoms with Gasteiger partial charge < -0.3 is 0 Å². The summed E-state index contributed by atoms with van der Waals surface area (Å²) in [6.45, 7) is 1.88. The van der Waals surface area contributed by atoms with E-state index in [0.29, 0.717) is 5.69 Å². The van der Waals surface area contributed by atoms with Gasteiger partial charge in [-0.25, -0.2) is 21.5 Å². The maximum Gasteiger partial charge on any atom is 0.350 e. The van der Waals surface area contributed by atoms with Gasteiger partial charge >= 0.3 is 6.03 Å². The van der Waals surface area contributed by atoms with Crippen LogP contribution in [0.3, 0.4) is 0 Å². The molecule has 0 radical (unpaired) electrons. The molecule has 0 saturated heterocycles. The Balaban J connectivity index is 2.84. The van der Waals surface area contributed by atoms with Crippen molar-refractivity contribution in [3.63, 3.8) is 0 Å². The van der Waals surface area contributed by atoms with Crippen LogP contribution in [0.4, 0.5) is 10.5 Å². The molecule has 0 saturated carbocycles. The minimum Gasteiger partial charge on any atom is -0.274 e. The molecule has 0 aliphatic carbocycles. The smallest absolute Gasteiger partial charge is 0.274 e. The van der Waals surface area contributed by atoms with Gasteiger partial charge in [0.2, 0.25) is 0 Å². The van der Waals surface area contributed by atoms with Gasteiger partial charge in [-0.2, -0.15) is 0 Å². The van der Waals surface area contributed by atoms with Crippen LogP contribution < -0.4 is 22.1 Å². The molecule has 0 aromatic carbocycles. The number of carbonyl (C=O) groups excluding carboxylic acids is 1. The van der Waals surface area contributed by atoms with Crippen LogP contribution in [0.1, 0.15) is 4.88 Å². The van der Waals surface area contributed by atoms with E-state index in [9.17, 15) is 4.79 Å². The van der Waals surface area contributed by atoms with Crippen LogP contribution in [-0.2, 0) is 0 Å². The van der Waals surface area contributed by atoms with Gasteiger partial charge in [-0.1, -0.05) is 0 Å². The van der Waals surface area contributed by atoms with Crippen LogP contribution in [0, 0.1) is 6.92 Å². The monoisotopic (exact) mass is 186 g/mol. The Morgan fingerprint density at radius 3 is 2.83 bits per heavy atom. The van der Waals surface area contributed by atoms with Crippen LogP contribution in [0.2, 0.25) is 0 Å². The first kappa shape index (κ1) is 8.98. The zero-order valence-corrected chi connectivity index (χ0v) is 7.39. The fourth-order valence-corrected chi connectivity index (χ4v) is 1.50. The molecule has 5 nitrogen and oxygen atoms in total. The SMILES string of the molecule is Cc1sccc1N(N)C(=O)NN. The van der Waals surface area contributed by atoms with Crippen LogP contribution in [0.5, 0.6) is 0 Å². The lowest BCUT2D eigenvalue weighted by molar-refractivity contribution is 0.246. The van der Waals surface area contributed by atoms with Crippen molar-refractivity contribution in [3.8, 4) is 0 Å². The molecule has 6 heteroatoms. The molecule has 0 aliphatic heterocycles. The summed E-state index contributed by atoms with van der Waals surface area (Å²) in [5.74, 6) is 10.4. The summed E-state index contributed by atoms with van der Waals surface area (Å²) in [6, 6.07) is 1.23. The van der Waals surface area contributed by atoms with E-state index in [1.165, 1.54) is 11.3 Å². The van der Waals surface area contributed by atoms with E-state index in [1.807, 2.05) is 17.7 Å². The molecule has 1 heterocycles. The Kier molecular flexibility index (Phi) is 2.64. The molecule has 5 N–H and O–H groups in total. The molecule has 0 atom stereocenters. The van der Waals surface area contributed by atoms with Crippen molar-refractivity contribution in [2.24, 2.45) is 11.7 Å². The first-order chi connectivity index (χ1) is 5.66. The molecule has 1 aromatic heterocycles. The van der Waals surface area contributed by atoms with E-state index in [4.69, 9.17) is 11.7 Å². The fraction of sp³-hybridized carbons (Fsp3) is 0.167. The number of hydrogen-bond donors (Lipinski definition) is 3. The number of thiophene rings is 1. The second kappa shape index (κ2) is 3.53. The molecule has 0 spiro atoms. The highest BCUT2D eigenvalue weighted by Crippen LogP contribution is 2.22. The maximum absolute atomic E-state index is 10.9. The predicted molar refractivity (Wildman–Crippen MR) is 48.4 cm³/mol. The van der Waals surface area contributed by atoms with Gasteiger partial charge in [-0.05, 0) is 18.4 Å². The molecule has 66 valence electrons. The second-order valence-electron chi connectivity index (χ2n) is 2.18. The van der Waals surface area contributed by atoms with Gasteiger partial charge in [0.1, 0.15) is 0 Å². The Morgan fingerprint density at radius 2 is 2.42 bits per heavy atom. The first-order valence-electron chi connectivity index (χ1n) is 3.26. The lowest BCUT2D eigenvalue weighted by atomic mass is 10.4. The van der Waals surface area contributed by atoms with Crippen LogP contribution >= 0.6 is 11.3 Å². The van der Waals surface area contributed by atoms with Gasteiger partial charge in [0, 0.05) is 4.88 Å². The van der Waals surface area contributed by atoms with Crippen molar-refractivity contribution in [1.82, 2.24) is 5.43 Å². The van der Waals surface area contributed by atoms with Crippen molar-refractivity contribution in [2.75, 3.05) is 5.01 Å². The van der Waals surface area contributed by atoms with Crippen LogP contribution in [0.25, 0.3) is 0 Å². The molecule has 0 unspecified atom stereocenters. The Hall–Kier alpha value is -1.11. The minimum absolute atomic E-state index is 0.531. The Labute approximate surface area is 73.9 Å². The molecule has 0 aliphatic rings. The summed E-state index contributed by atoms with van der Waals surface area (Å²) in [5.41, 5.74) is 2.62. The highest BCUT2D eigenvalue weighted by molar-refractivity contribution is 7.10. The third kappa shape index (κ3) is 1.55. The molecule has 0 bridgehead atoms. The summed E-state index contributed by atoms with van der Waals surface area (Å²) in [5, 5.41) is 2.83. The number of amides is 2. The van der Waals surface area contributed by atoms with Crippen LogP contribution in [-0.4, -0.2) is 6.03 Å². The lowest BCUT2D eigenvalue weighted by Crippen LogP contribution is -2.47. The highest BCUT2D eigenvalue weighted by Gasteiger charge is 2.12. The van der Waals surface area contributed by atoms with Gasteiger partial charge in [0.15, 0.2) is 0 Å². The van der Waals surface area contributed by atoms with Crippen molar-refractivity contribution in [1.29, 1.82) is 0 Å². The summed E-state index contributed by atoms with van der Waals surface area (Å²) < 4.78 is 0. The summed E-state index contributed by atoms with van der Waals surface area (Å²) >= 11 is 1.52. The highest BCUT2D eigenvalue weighted by atomic mass is 32.1. The van der Waals surface area contributed by atoms with E-state index in [-0.39, 0.29) is 0 Å². The molecule has 1 aromatic rings. The number of nitrogens with zero attached hydrogens (tertiary/aromatic N) is 1. The van der Waals surface area contributed by atoms with Crippen molar-refractivity contribution < 1.29 is 4.79 Å². The number of urea groups is 1. The van der Waals surface area contributed by atoms with E-state index in [0.717, 1.165) is 9.89 Å². The average Bonchev–Trinajstić information content (AvgIpc) is 2.48. The van der Waals surface area contributed by atoms with Gasteiger partial charge in [0.05, 0.1) is 5.69 Å². The van der Waals surface area contributed by atoms with Crippen LogP contribution in [0.15, 0.2) is 11.4 Å². The van der Waals surface area contributed by atoms with Gasteiger partial charge in [-0.3, -0.25) is 5.43 Å². The quantitative estimate of drug-likeness (QED) is 0.335. The zero-order chi connectivity index (χ0) is 9.14. The zero-order valence-electron chi connectivity index (χ0n) is 6.57. The first-order valence-corrected chi connectivity index (χ1v) is 4.14. The van der Waals surface area contributed by atoms with E-state index >= 15 is 0 Å². The minimum atomic E-state index is -0.531. The van der Waals surface area contributed by atoms with E-state index in [1.54, 1.807) is 6.07 Å². The Bertz CT molecular complexity index is 285. The van der Waals surface area contributed by atoms with Crippen molar-refractivity contribution >= 4 is 23.1 Å². The normalized spacial score (nSPS) is 9.58. The molecule has 1 rings (SSSR count). The second-order valence-corrected chi connectivity index (χ2v) is 3.30. The lowest BCUT2D eigenvalue weighted by Gasteiger charge is -2.14. The number of hydrogen-bond acceptors (Lipinski definition) is 4. The molecule has 12 heavy (non-hydrogen) atoms. The Morgan fingerprint density at radius 1 is 1.75 bits per heavy atom. The number of hydrazine groups is 2. The topological polar surface area (TPSA) is 84.4 Å². The summed E-state index contributed by atoms with van der Waals surface area (Å²) in [4.78, 5) is 11.9. The van der Waals surface area contributed by atoms with E-state index in [2.05, 4.69) is 0 Å². The van der Waals surface area contributed by atoms with E-state index < -0.39 is 6.03 Å². The van der Waals surface area contributed by atoms with Crippen molar-refractivity contribution in [3.05, 3.63) is 16.3 Å². The number of rotatable bonds is 1. The third-order valence-corrected chi connectivity index (χ3v) is 2.27. The molecular formula is C6H10N4OS. The maximum atomic E-state index is 10.9. The van der Waals surface area contributed by atoms with Crippen molar-refractivity contribution in [2.45, 2.75) is 6.92 Å². The fourth-order valence-electron chi connectivity index (χ4n) is 0.807. The third-order valence-electron chi connectivity index (χ3n) is 1.43. The average molecular weight is 186 g/mol. The van der Waals surface area contributed by atoms with Gasteiger partial charge in [-0.15, -0.1) is 11.3 Å². The number of nitrogens with one attached hydrogen (secondary N) is 1. The molecule has 2 amide bonds. The number of aryl methyl sites for hydroxylation is 1. The summed E-state index contributed by atoms with van der Waals surface area (Å²) in [6.07, 6.45) is 0. The summed E-state index contributed by atoms with van der Waals surface area (Å²) in [7, 11) is 0. The molecular weight excluding hydrogens is 176 g/mol. The van der Waals surface area contributed by atoms with Gasteiger partial charge in [0.25, 0.3) is 0 Å². The molecule has 0 fully saturated rings. The number of anilines is 1.